The second kappa shape index (κ2) is 5.34. The normalized spacial score (nSPS) is 27.2. The molecule has 0 amide bonds. The molecule has 1 aromatic heterocycles. The SMILES string of the molecule is CCNC(c1ccc(Br)o1)C1CCC(C)O1. The Morgan fingerprint density at radius 2 is 2.31 bits per heavy atom. The van der Waals surface area contributed by atoms with Gasteiger partial charge in [-0.2, -0.15) is 0 Å². The van der Waals surface area contributed by atoms with E-state index < -0.39 is 0 Å². The zero-order valence-electron chi connectivity index (χ0n) is 9.70. The fraction of sp³-hybridized carbons (Fsp3) is 0.667. The molecular formula is C12H18BrNO2. The predicted molar refractivity (Wildman–Crippen MR) is 66.4 cm³/mol. The third-order valence-electron chi connectivity index (χ3n) is 2.96. The number of hydrogen-bond acceptors (Lipinski definition) is 3. The van der Waals surface area contributed by atoms with E-state index in [4.69, 9.17) is 9.15 Å². The molecule has 90 valence electrons. The summed E-state index contributed by atoms with van der Waals surface area (Å²) in [6, 6.07) is 4.10. The van der Waals surface area contributed by atoms with Crippen LogP contribution in [0.15, 0.2) is 21.2 Å². The van der Waals surface area contributed by atoms with Gasteiger partial charge in [0.05, 0.1) is 18.2 Å². The quantitative estimate of drug-likeness (QED) is 0.923. The lowest BCUT2D eigenvalue weighted by molar-refractivity contribution is 0.0269. The van der Waals surface area contributed by atoms with E-state index >= 15 is 0 Å². The van der Waals surface area contributed by atoms with Gasteiger partial charge in [0, 0.05) is 0 Å². The molecule has 0 aliphatic carbocycles. The summed E-state index contributed by atoms with van der Waals surface area (Å²) in [5.74, 6) is 0.952. The van der Waals surface area contributed by atoms with Crippen molar-refractivity contribution < 1.29 is 9.15 Å². The predicted octanol–water partition coefficient (Wildman–Crippen LogP) is 3.26. The van der Waals surface area contributed by atoms with Crippen LogP contribution in [0, 0.1) is 0 Å². The maximum absolute atomic E-state index is 5.90. The first kappa shape index (κ1) is 12.1. The Morgan fingerprint density at radius 1 is 1.50 bits per heavy atom. The van der Waals surface area contributed by atoms with Gasteiger partial charge in [-0.25, -0.2) is 0 Å². The number of rotatable bonds is 4. The highest BCUT2D eigenvalue weighted by atomic mass is 79.9. The van der Waals surface area contributed by atoms with Crippen molar-refractivity contribution in [3.05, 3.63) is 22.6 Å². The van der Waals surface area contributed by atoms with Gasteiger partial charge in [0.25, 0.3) is 0 Å². The van der Waals surface area contributed by atoms with E-state index in [1.807, 2.05) is 12.1 Å². The highest BCUT2D eigenvalue weighted by molar-refractivity contribution is 9.10. The van der Waals surface area contributed by atoms with Crippen molar-refractivity contribution >= 4 is 15.9 Å². The number of ether oxygens (including phenoxy) is 1. The molecule has 2 rings (SSSR count). The van der Waals surface area contributed by atoms with Gasteiger partial charge in [0.2, 0.25) is 0 Å². The van der Waals surface area contributed by atoms with E-state index in [9.17, 15) is 0 Å². The molecule has 0 saturated carbocycles. The van der Waals surface area contributed by atoms with Crippen molar-refractivity contribution in [1.29, 1.82) is 0 Å². The van der Waals surface area contributed by atoms with Crippen LogP contribution in [0.2, 0.25) is 0 Å². The average Bonchev–Trinajstić information content (AvgIpc) is 2.84. The molecule has 0 bridgehead atoms. The van der Waals surface area contributed by atoms with Gasteiger partial charge in [-0.1, -0.05) is 6.92 Å². The fourth-order valence-corrected chi connectivity index (χ4v) is 2.53. The smallest absolute Gasteiger partial charge is 0.169 e. The molecule has 1 aromatic rings. The molecule has 1 aliphatic heterocycles. The van der Waals surface area contributed by atoms with Crippen LogP contribution in [0.25, 0.3) is 0 Å². The molecule has 3 unspecified atom stereocenters. The monoisotopic (exact) mass is 287 g/mol. The largest absolute Gasteiger partial charge is 0.453 e. The van der Waals surface area contributed by atoms with E-state index in [2.05, 4.69) is 35.1 Å². The Balaban J connectivity index is 2.10. The third-order valence-corrected chi connectivity index (χ3v) is 3.39. The van der Waals surface area contributed by atoms with Crippen LogP contribution in [0.5, 0.6) is 0 Å². The standard InChI is InChI=1S/C12H18BrNO2/c1-3-14-12(9-5-4-8(2)15-9)10-6-7-11(13)16-10/h6-9,12,14H,3-5H2,1-2H3. The summed E-state index contributed by atoms with van der Waals surface area (Å²) < 4.78 is 12.3. The molecule has 4 heteroatoms. The number of nitrogens with one attached hydrogen (secondary N) is 1. The highest BCUT2D eigenvalue weighted by Crippen LogP contribution is 2.31. The molecule has 3 nitrogen and oxygen atoms in total. The van der Waals surface area contributed by atoms with Crippen LogP contribution in [-0.2, 0) is 4.74 Å². The summed E-state index contributed by atoms with van der Waals surface area (Å²) in [4.78, 5) is 0. The molecule has 0 radical (unpaired) electrons. The third kappa shape index (κ3) is 2.67. The number of furan rings is 1. The molecule has 16 heavy (non-hydrogen) atoms. The topological polar surface area (TPSA) is 34.4 Å². The molecule has 0 spiro atoms. The first-order valence-electron chi connectivity index (χ1n) is 5.84. The lowest BCUT2D eigenvalue weighted by Gasteiger charge is -2.22. The molecule has 3 atom stereocenters. The average molecular weight is 288 g/mol. The summed E-state index contributed by atoms with van der Waals surface area (Å²) in [5, 5.41) is 3.44. The van der Waals surface area contributed by atoms with E-state index in [0.29, 0.717) is 6.10 Å². The Bertz CT molecular complexity index is 340. The first-order chi connectivity index (χ1) is 7.70. The molecule has 0 aromatic carbocycles. The van der Waals surface area contributed by atoms with Crippen molar-refractivity contribution in [2.45, 2.75) is 44.9 Å². The van der Waals surface area contributed by atoms with Crippen molar-refractivity contribution in [2.75, 3.05) is 6.54 Å². The highest BCUT2D eigenvalue weighted by Gasteiger charge is 2.31. The lowest BCUT2D eigenvalue weighted by Crippen LogP contribution is -2.31. The lowest BCUT2D eigenvalue weighted by atomic mass is 10.1. The van der Waals surface area contributed by atoms with Gasteiger partial charge in [-0.15, -0.1) is 0 Å². The minimum atomic E-state index is 0.168. The zero-order valence-corrected chi connectivity index (χ0v) is 11.3. The van der Waals surface area contributed by atoms with Crippen molar-refractivity contribution in [3.8, 4) is 0 Å². The van der Waals surface area contributed by atoms with Gasteiger partial charge in [-0.05, 0) is 54.4 Å². The summed E-state index contributed by atoms with van der Waals surface area (Å²) >= 11 is 3.34. The van der Waals surface area contributed by atoms with Crippen molar-refractivity contribution in [1.82, 2.24) is 5.32 Å². The Hall–Kier alpha value is -0.320. The maximum atomic E-state index is 5.90. The van der Waals surface area contributed by atoms with E-state index in [1.54, 1.807) is 0 Å². The summed E-state index contributed by atoms with van der Waals surface area (Å²) in [6.07, 6.45) is 2.82. The molecule has 1 N–H and O–H groups in total. The minimum Gasteiger partial charge on any atom is -0.453 e. The van der Waals surface area contributed by atoms with Gasteiger partial charge in [0.15, 0.2) is 4.67 Å². The molecule has 2 heterocycles. The van der Waals surface area contributed by atoms with E-state index in [0.717, 1.165) is 29.8 Å². The second-order valence-corrected chi connectivity index (χ2v) is 5.02. The summed E-state index contributed by atoms with van der Waals surface area (Å²) in [5.41, 5.74) is 0. The zero-order chi connectivity index (χ0) is 11.5. The van der Waals surface area contributed by atoms with Crippen LogP contribution >= 0.6 is 15.9 Å². The molecular weight excluding hydrogens is 270 g/mol. The Morgan fingerprint density at radius 3 is 2.81 bits per heavy atom. The Kier molecular flexibility index (Phi) is 4.05. The Labute approximate surface area is 105 Å². The number of hydrogen-bond donors (Lipinski definition) is 1. The van der Waals surface area contributed by atoms with Crippen LogP contribution < -0.4 is 5.32 Å². The van der Waals surface area contributed by atoms with Gasteiger partial charge in [-0.3, -0.25) is 0 Å². The summed E-state index contributed by atoms with van der Waals surface area (Å²) in [6.45, 7) is 5.14. The second-order valence-electron chi connectivity index (χ2n) is 4.24. The number of halogens is 1. The minimum absolute atomic E-state index is 0.168. The number of likely N-dealkylation sites (N-methyl/N-ethyl adjacent to an activating group) is 1. The van der Waals surface area contributed by atoms with Crippen LogP contribution in [0.3, 0.4) is 0 Å². The van der Waals surface area contributed by atoms with Gasteiger partial charge >= 0.3 is 0 Å². The van der Waals surface area contributed by atoms with Crippen molar-refractivity contribution in [2.24, 2.45) is 0 Å². The van der Waals surface area contributed by atoms with Gasteiger partial charge < -0.3 is 14.5 Å². The van der Waals surface area contributed by atoms with E-state index in [1.165, 1.54) is 0 Å². The molecule has 1 fully saturated rings. The van der Waals surface area contributed by atoms with Crippen LogP contribution in [0.4, 0.5) is 0 Å². The maximum Gasteiger partial charge on any atom is 0.169 e. The van der Waals surface area contributed by atoms with Gasteiger partial charge in [0.1, 0.15) is 5.76 Å². The molecule has 1 aliphatic rings. The first-order valence-corrected chi connectivity index (χ1v) is 6.64. The van der Waals surface area contributed by atoms with Crippen LogP contribution in [0.1, 0.15) is 38.5 Å². The fourth-order valence-electron chi connectivity index (χ4n) is 2.21. The van der Waals surface area contributed by atoms with E-state index in [-0.39, 0.29) is 12.1 Å². The summed E-state index contributed by atoms with van der Waals surface area (Å²) in [7, 11) is 0. The van der Waals surface area contributed by atoms with Crippen LogP contribution in [-0.4, -0.2) is 18.8 Å². The van der Waals surface area contributed by atoms with Crippen molar-refractivity contribution in [3.63, 3.8) is 0 Å². The molecule has 1 saturated heterocycles.